The maximum absolute atomic E-state index is 4.00. The maximum Gasteiger partial charge on any atom is 0.0465 e. The first-order valence-electron chi connectivity index (χ1n) is 3.50. The molecule has 0 aromatic heterocycles. The molecule has 0 saturated heterocycles. The topological polar surface area (TPSA) is 15.6 Å². The van der Waals surface area contributed by atoms with Crippen molar-refractivity contribution in [2.24, 2.45) is 4.99 Å². The van der Waals surface area contributed by atoms with Crippen LogP contribution in [0.15, 0.2) is 53.6 Å². The lowest BCUT2D eigenvalue weighted by Crippen LogP contribution is -2.08. The minimum absolute atomic E-state index is 1.14. The van der Waals surface area contributed by atoms with Crippen molar-refractivity contribution < 1.29 is 0 Å². The number of hydrogen-bond donors (Lipinski definition) is 0. The van der Waals surface area contributed by atoms with Gasteiger partial charge in [-0.2, -0.15) is 0 Å². The molecule has 2 heterocycles. The molecule has 2 nitrogen and oxygen atoms in total. The van der Waals surface area contributed by atoms with Crippen molar-refractivity contribution in [1.29, 1.82) is 0 Å². The SMILES string of the molecule is C1=CC2=CC=NC=CN2C=C1. The van der Waals surface area contributed by atoms with Gasteiger partial charge in [-0.15, -0.1) is 0 Å². The van der Waals surface area contributed by atoms with Crippen molar-refractivity contribution in [3.05, 3.63) is 48.6 Å². The van der Waals surface area contributed by atoms with E-state index in [2.05, 4.69) is 4.99 Å². The van der Waals surface area contributed by atoms with Crippen molar-refractivity contribution in [2.75, 3.05) is 0 Å². The molecule has 0 amide bonds. The second-order valence-electron chi connectivity index (χ2n) is 2.30. The molecular weight excluding hydrogens is 136 g/mol. The monoisotopic (exact) mass is 144 g/mol. The summed E-state index contributed by atoms with van der Waals surface area (Å²) in [6.07, 6.45) is 15.5. The molecule has 0 radical (unpaired) electrons. The lowest BCUT2D eigenvalue weighted by molar-refractivity contribution is 0.647. The summed E-state index contributed by atoms with van der Waals surface area (Å²) in [5.41, 5.74) is 1.14. The predicted octanol–water partition coefficient (Wildman–Crippen LogP) is 1.81. The minimum atomic E-state index is 1.14. The van der Waals surface area contributed by atoms with Crippen LogP contribution in [0.2, 0.25) is 0 Å². The van der Waals surface area contributed by atoms with Crippen LogP contribution in [-0.2, 0) is 0 Å². The van der Waals surface area contributed by atoms with Crippen LogP contribution in [0.5, 0.6) is 0 Å². The van der Waals surface area contributed by atoms with E-state index in [1.54, 1.807) is 12.4 Å². The Bertz CT molecular complexity index is 293. The van der Waals surface area contributed by atoms with Crippen molar-refractivity contribution >= 4 is 6.21 Å². The van der Waals surface area contributed by atoms with E-state index < -0.39 is 0 Å². The van der Waals surface area contributed by atoms with Gasteiger partial charge in [0.15, 0.2) is 0 Å². The molecule has 0 aliphatic carbocycles. The van der Waals surface area contributed by atoms with Gasteiger partial charge in [0.25, 0.3) is 0 Å². The molecule has 11 heavy (non-hydrogen) atoms. The van der Waals surface area contributed by atoms with E-state index in [1.165, 1.54) is 0 Å². The number of aliphatic imine (C=N–C) groups is 1. The molecule has 0 bridgehead atoms. The summed E-state index contributed by atoms with van der Waals surface area (Å²) in [5, 5.41) is 0. The smallest absolute Gasteiger partial charge is 0.0465 e. The molecule has 54 valence electrons. The van der Waals surface area contributed by atoms with Gasteiger partial charge in [-0.05, 0) is 18.2 Å². The van der Waals surface area contributed by atoms with Crippen LogP contribution in [0.4, 0.5) is 0 Å². The Labute approximate surface area is 65.5 Å². The van der Waals surface area contributed by atoms with E-state index in [-0.39, 0.29) is 0 Å². The van der Waals surface area contributed by atoms with Gasteiger partial charge in [-0.3, -0.25) is 4.99 Å². The van der Waals surface area contributed by atoms with Gasteiger partial charge < -0.3 is 4.90 Å². The molecule has 0 fully saturated rings. The number of nitrogens with zero attached hydrogens (tertiary/aromatic N) is 2. The first kappa shape index (κ1) is 6.16. The predicted molar refractivity (Wildman–Crippen MR) is 45.8 cm³/mol. The zero-order chi connectivity index (χ0) is 7.52. The van der Waals surface area contributed by atoms with Gasteiger partial charge in [0.1, 0.15) is 0 Å². The van der Waals surface area contributed by atoms with Crippen LogP contribution in [0, 0.1) is 0 Å². The zero-order valence-corrected chi connectivity index (χ0v) is 6.01. The summed E-state index contributed by atoms with van der Waals surface area (Å²) in [7, 11) is 0. The largest absolute Gasteiger partial charge is 0.322 e. The minimum Gasteiger partial charge on any atom is -0.322 e. The second-order valence-corrected chi connectivity index (χ2v) is 2.30. The first-order valence-corrected chi connectivity index (χ1v) is 3.50. The Morgan fingerprint density at radius 1 is 1.18 bits per heavy atom. The molecule has 0 atom stereocenters. The van der Waals surface area contributed by atoms with Gasteiger partial charge in [0.05, 0.1) is 0 Å². The Hall–Kier alpha value is -1.57. The number of fused-ring (bicyclic) bond motifs is 1. The highest BCUT2D eigenvalue weighted by Crippen LogP contribution is 2.13. The van der Waals surface area contributed by atoms with Gasteiger partial charge in [0.2, 0.25) is 0 Å². The lowest BCUT2D eigenvalue weighted by atomic mass is 10.3. The Kier molecular flexibility index (Phi) is 1.44. The number of hydrogen-bond acceptors (Lipinski definition) is 2. The van der Waals surface area contributed by atoms with Gasteiger partial charge >= 0.3 is 0 Å². The standard InChI is InChI=1S/C9H8N2/c1-2-7-11-8-6-10-5-4-9(11)3-1/h1-8H. The quantitative estimate of drug-likeness (QED) is 0.506. The molecule has 2 aliphatic heterocycles. The molecule has 0 aromatic rings. The van der Waals surface area contributed by atoms with E-state index >= 15 is 0 Å². The summed E-state index contributed by atoms with van der Waals surface area (Å²) in [6, 6.07) is 0. The Balaban J connectivity index is 2.39. The van der Waals surface area contributed by atoms with Crippen LogP contribution in [0.1, 0.15) is 0 Å². The van der Waals surface area contributed by atoms with Crippen LogP contribution in [-0.4, -0.2) is 11.1 Å². The molecule has 0 saturated carbocycles. The van der Waals surface area contributed by atoms with Gasteiger partial charge in [-0.1, -0.05) is 6.08 Å². The van der Waals surface area contributed by atoms with Crippen molar-refractivity contribution in [3.8, 4) is 0 Å². The number of allylic oxidation sites excluding steroid dienone is 4. The summed E-state index contributed by atoms with van der Waals surface area (Å²) in [5.74, 6) is 0. The van der Waals surface area contributed by atoms with Gasteiger partial charge in [0, 0.05) is 30.5 Å². The average molecular weight is 144 g/mol. The zero-order valence-electron chi connectivity index (χ0n) is 6.01. The van der Waals surface area contributed by atoms with Crippen LogP contribution in [0.25, 0.3) is 0 Å². The Morgan fingerprint density at radius 2 is 2.18 bits per heavy atom. The molecule has 2 heteroatoms. The van der Waals surface area contributed by atoms with Crippen molar-refractivity contribution in [2.45, 2.75) is 0 Å². The summed E-state index contributed by atoms with van der Waals surface area (Å²) >= 11 is 0. The third-order valence-electron chi connectivity index (χ3n) is 1.57. The first-order chi connectivity index (χ1) is 5.47. The highest BCUT2D eigenvalue weighted by molar-refractivity contribution is 5.74. The Morgan fingerprint density at radius 3 is 3.18 bits per heavy atom. The summed E-state index contributed by atoms with van der Waals surface area (Å²) < 4.78 is 0. The van der Waals surface area contributed by atoms with E-state index in [4.69, 9.17) is 0 Å². The molecule has 0 unspecified atom stereocenters. The van der Waals surface area contributed by atoms with Crippen LogP contribution < -0.4 is 0 Å². The third-order valence-corrected chi connectivity index (χ3v) is 1.57. The molecule has 0 aromatic carbocycles. The molecular formula is C9H8N2. The van der Waals surface area contributed by atoms with Gasteiger partial charge in [-0.25, -0.2) is 0 Å². The van der Waals surface area contributed by atoms with E-state index in [0.29, 0.717) is 0 Å². The highest BCUT2D eigenvalue weighted by Gasteiger charge is 2.02. The van der Waals surface area contributed by atoms with E-state index in [0.717, 1.165) is 5.70 Å². The fourth-order valence-electron chi connectivity index (χ4n) is 1.03. The maximum atomic E-state index is 4.00. The lowest BCUT2D eigenvalue weighted by Gasteiger charge is -2.17. The second kappa shape index (κ2) is 2.58. The third kappa shape index (κ3) is 1.15. The van der Waals surface area contributed by atoms with Crippen LogP contribution in [0.3, 0.4) is 0 Å². The fourth-order valence-corrected chi connectivity index (χ4v) is 1.03. The van der Waals surface area contributed by atoms with E-state index in [1.807, 2.05) is 41.6 Å². The normalized spacial score (nSPS) is 19.6. The molecule has 2 rings (SSSR count). The van der Waals surface area contributed by atoms with Crippen molar-refractivity contribution in [3.63, 3.8) is 0 Å². The van der Waals surface area contributed by atoms with E-state index in [9.17, 15) is 0 Å². The molecule has 2 aliphatic rings. The molecule has 0 spiro atoms. The summed E-state index contributed by atoms with van der Waals surface area (Å²) in [6.45, 7) is 0. The highest BCUT2D eigenvalue weighted by atomic mass is 15.1. The summed E-state index contributed by atoms with van der Waals surface area (Å²) in [4.78, 5) is 6.02. The fraction of sp³-hybridized carbons (Fsp3) is 0. The van der Waals surface area contributed by atoms with Crippen LogP contribution >= 0.6 is 0 Å². The van der Waals surface area contributed by atoms with Crippen molar-refractivity contribution in [1.82, 2.24) is 4.90 Å². The average Bonchev–Trinajstić information content (AvgIpc) is 2.28. The molecule has 0 N–H and O–H groups in total. The number of rotatable bonds is 0.